The lowest BCUT2D eigenvalue weighted by Crippen LogP contribution is -2.26. The first-order valence-corrected chi connectivity index (χ1v) is 7.30. The summed E-state index contributed by atoms with van der Waals surface area (Å²) in [5, 5.41) is 4.08. The molecule has 20 heavy (non-hydrogen) atoms. The number of carbonyl (C=O) groups excluding carboxylic acids is 1. The molecule has 1 fully saturated rings. The van der Waals surface area contributed by atoms with Crippen LogP contribution in [0.1, 0.15) is 17.2 Å². The quantitative estimate of drug-likeness (QED) is 0.865. The van der Waals surface area contributed by atoms with E-state index < -0.39 is 0 Å². The van der Waals surface area contributed by atoms with Gasteiger partial charge in [-0.1, -0.05) is 12.1 Å². The number of benzene rings is 1. The monoisotopic (exact) mass is 289 g/mol. The van der Waals surface area contributed by atoms with E-state index in [1.54, 1.807) is 23.3 Å². The zero-order chi connectivity index (χ0) is 13.9. The molecule has 1 atom stereocenters. The zero-order valence-electron chi connectivity index (χ0n) is 11.1. The number of ether oxygens (including phenoxy) is 2. The molecule has 0 N–H and O–H groups in total. The number of methoxy groups -OCH3 is 1. The highest BCUT2D eigenvalue weighted by molar-refractivity contribution is 7.07. The molecule has 0 aliphatic carbocycles. The standard InChI is InChI=1S/C15H15NO3S/c1-18-13-4-2-11(3-5-13)8-16-14(9-19-15(16)17)12-6-7-20-10-12/h2-7,10,14H,8-9H2,1H3/t14-/m0/s1. The summed E-state index contributed by atoms with van der Waals surface area (Å²) in [7, 11) is 1.64. The van der Waals surface area contributed by atoms with Crippen molar-refractivity contribution in [1.82, 2.24) is 4.90 Å². The smallest absolute Gasteiger partial charge is 0.410 e. The molecule has 1 aromatic carbocycles. The molecule has 2 heterocycles. The van der Waals surface area contributed by atoms with Crippen molar-refractivity contribution in [2.45, 2.75) is 12.6 Å². The highest BCUT2D eigenvalue weighted by atomic mass is 32.1. The molecular weight excluding hydrogens is 274 g/mol. The Kier molecular flexibility index (Phi) is 3.60. The first-order chi connectivity index (χ1) is 9.78. The van der Waals surface area contributed by atoms with Crippen molar-refractivity contribution in [2.75, 3.05) is 13.7 Å². The predicted octanol–water partition coefficient (Wildman–Crippen LogP) is 3.45. The first kappa shape index (κ1) is 13.0. The van der Waals surface area contributed by atoms with Gasteiger partial charge in [-0.15, -0.1) is 0 Å². The van der Waals surface area contributed by atoms with Gasteiger partial charge in [0.05, 0.1) is 13.2 Å². The van der Waals surface area contributed by atoms with Crippen LogP contribution in [-0.2, 0) is 11.3 Å². The van der Waals surface area contributed by atoms with Crippen LogP contribution in [0.5, 0.6) is 5.75 Å². The molecule has 1 amide bonds. The fraction of sp³-hybridized carbons (Fsp3) is 0.267. The van der Waals surface area contributed by atoms with E-state index in [2.05, 4.69) is 5.38 Å². The largest absolute Gasteiger partial charge is 0.497 e. The van der Waals surface area contributed by atoms with Crippen molar-refractivity contribution in [2.24, 2.45) is 0 Å². The average molecular weight is 289 g/mol. The van der Waals surface area contributed by atoms with Crippen LogP contribution in [0.3, 0.4) is 0 Å². The SMILES string of the molecule is COc1ccc(CN2C(=O)OC[C@H]2c2ccsc2)cc1. The van der Waals surface area contributed by atoms with Crippen LogP contribution in [0, 0.1) is 0 Å². The number of amides is 1. The first-order valence-electron chi connectivity index (χ1n) is 6.36. The van der Waals surface area contributed by atoms with Gasteiger partial charge in [-0.2, -0.15) is 11.3 Å². The minimum absolute atomic E-state index is 0.0100. The molecule has 104 valence electrons. The molecule has 3 rings (SSSR count). The van der Waals surface area contributed by atoms with Gasteiger partial charge in [-0.3, -0.25) is 4.90 Å². The summed E-state index contributed by atoms with van der Waals surface area (Å²) in [6, 6.07) is 9.78. The van der Waals surface area contributed by atoms with Crippen molar-refractivity contribution in [1.29, 1.82) is 0 Å². The maximum absolute atomic E-state index is 11.9. The zero-order valence-corrected chi connectivity index (χ0v) is 11.9. The van der Waals surface area contributed by atoms with Crippen molar-refractivity contribution < 1.29 is 14.3 Å². The van der Waals surface area contributed by atoms with E-state index >= 15 is 0 Å². The van der Waals surface area contributed by atoms with Crippen LogP contribution in [0.2, 0.25) is 0 Å². The number of hydrogen-bond donors (Lipinski definition) is 0. The van der Waals surface area contributed by atoms with Crippen molar-refractivity contribution >= 4 is 17.4 Å². The van der Waals surface area contributed by atoms with Gasteiger partial charge >= 0.3 is 6.09 Å². The Hall–Kier alpha value is -2.01. The molecule has 2 aromatic rings. The van der Waals surface area contributed by atoms with Crippen molar-refractivity contribution in [3.05, 3.63) is 52.2 Å². The van der Waals surface area contributed by atoms with Crippen molar-refractivity contribution in [3.63, 3.8) is 0 Å². The second-order valence-corrected chi connectivity index (χ2v) is 5.41. The molecule has 0 radical (unpaired) electrons. The van der Waals surface area contributed by atoms with E-state index in [-0.39, 0.29) is 12.1 Å². The summed E-state index contributed by atoms with van der Waals surface area (Å²) < 4.78 is 10.3. The van der Waals surface area contributed by atoms with E-state index in [0.717, 1.165) is 16.9 Å². The number of rotatable bonds is 4. The fourth-order valence-corrected chi connectivity index (χ4v) is 3.00. The minimum Gasteiger partial charge on any atom is -0.497 e. The second kappa shape index (κ2) is 5.54. The Balaban J connectivity index is 1.78. The third kappa shape index (κ3) is 2.49. The van der Waals surface area contributed by atoms with Crippen LogP contribution < -0.4 is 4.74 Å². The Labute approximate surface area is 121 Å². The lowest BCUT2D eigenvalue weighted by molar-refractivity contribution is 0.156. The highest BCUT2D eigenvalue weighted by Crippen LogP contribution is 2.30. The Bertz CT molecular complexity index is 580. The van der Waals surface area contributed by atoms with Crippen molar-refractivity contribution in [3.8, 4) is 5.75 Å². The molecule has 1 saturated heterocycles. The lowest BCUT2D eigenvalue weighted by Gasteiger charge is -2.20. The molecule has 0 bridgehead atoms. The van der Waals surface area contributed by atoms with Gasteiger partial charge in [0, 0.05) is 6.54 Å². The van der Waals surface area contributed by atoms with E-state index in [9.17, 15) is 4.79 Å². The van der Waals surface area contributed by atoms with Crippen LogP contribution in [-0.4, -0.2) is 24.7 Å². The second-order valence-electron chi connectivity index (χ2n) is 4.63. The normalized spacial score (nSPS) is 18.1. The number of hydrogen-bond acceptors (Lipinski definition) is 4. The van der Waals surface area contributed by atoms with Crippen LogP contribution >= 0.6 is 11.3 Å². The van der Waals surface area contributed by atoms with Gasteiger partial charge in [0.2, 0.25) is 0 Å². The van der Waals surface area contributed by atoms with Gasteiger partial charge < -0.3 is 9.47 Å². The van der Waals surface area contributed by atoms with Gasteiger partial charge in [0.25, 0.3) is 0 Å². The van der Waals surface area contributed by atoms with Gasteiger partial charge in [-0.05, 0) is 40.1 Å². The molecule has 4 nitrogen and oxygen atoms in total. The molecule has 0 spiro atoms. The number of nitrogens with zero attached hydrogens (tertiary/aromatic N) is 1. The summed E-state index contributed by atoms with van der Waals surface area (Å²) in [5.41, 5.74) is 2.19. The van der Waals surface area contributed by atoms with Gasteiger partial charge in [0.15, 0.2) is 0 Å². The van der Waals surface area contributed by atoms with Gasteiger partial charge in [-0.25, -0.2) is 4.79 Å². The summed E-state index contributed by atoms with van der Waals surface area (Å²) in [6.45, 7) is 0.967. The molecule has 1 aliphatic heterocycles. The molecule has 5 heteroatoms. The maximum Gasteiger partial charge on any atom is 0.410 e. The van der Waals surface area contributed by atoms with Crippen LogP contribution in [0.4, 0.5) is 4.79 Å². The average Bonchev–Trinajstić information content (AvgIpc) is 3.11. The summed E-state index contributed by atoms with van der Waals surface area (Å²) in [6.07, 6.45) is -0.253. The van der Waals surface area contributed by atoms with E-state index in [1.165, 1.54) is 0 Å². The maximum atomic E-state index is 11.9. The molecule has 0 unspecified atom stereocenters. The lowest BCUT2D eigenvalue weighted by atomic mass is 10.1. The van der Waals surface area contributed by atoms with E-state index in [1.807, 2.05) is 35.7 Å². The number of carbonyl (C=O) groups is 1. The van der Waals surface area contributed by atoms with Gasteiger partial charge in [0.1, 0.15) is 12.4 Å². The van der Waals surface area contributed by atoms with Crippen LogP contribution in [0.15, 0.2) is 41.1 Å². The minimum atomic E-state index is -0.253. The highest BCUT2D eigenvalue weighted by Gasteiger charge is 2.34. The number of cyclic esters (lactones) is 1. The predicted molar refractivity (Wildman–Crippen MR) is 76.9 cm³/mol. The van der Waals surface area contributed by atoms with E-state index in [4.69, 9.17) is 9.47 Å². The molecule has 1 aliphatic rings. The third-order valence-corrected chi connectivity index (χ3v) is 4.12. The molecule has 0 saturated carbocycles. The van der Waals surface area contributed by atoms with Crippen LogP contribution in [0.25, 0.3) is 0 Å². The van der Waals surface area contributed by atoms with E-state index in [0.29, 0.717) is 13.2 Å². The number of thiophene rings is 1. The third-order valence-electron chi connectivity index (χ3n) is 3.42. The fourth-order valence-electron chi connectivity index (χ4n) is 2.29. The summed E-state index contributed by atoms with van der Waals surface area (Å²) in [5.74, 6) is 0.812. The Morgan fingerprint density at radius 3 is 2.80 bits per heavy atom. The summed E-state index contributed by atoms with van der Waals surface area (Å²) in [4.78, 5) is 13.7. The summed E-state index contributed by atoms with van der Waals surface area (Å²) >= 11 is 1.63. The molecule has 1 aromatic heterocycles. The topological polar surface area (TPSA) is 38.8 Å². The Morgan fingerprint density at radius 2 is 2.15 bits per heavy atom. The Morgan fingerprint density at radius 1 is 1.35 bits per heavy atom. The molecular formula is C15H15NO3S.